The number of Topliss-reactive ketones (excluding diaryl/α,β-unsaturated/α-hetero) is 1. The minimum absolute atomic E-state index is 0.0259. The van der Waals surface area contributed by atoms with Crippen molar-refractivity contribution in [2.24, 2.45) is 11.1 Å². The molecule has 1 aromatic carbocycles. The van der Waals surface area contributed by atoms with E-state index in [1.165, 1.54) is 0 Å². The van der Waals surface area contributed by atoms with Gasteiger partial charge in [0.05, 0.1) is 20.1 Å². The third kappa shape index (κ3) is 3.03. The first kappa shape index (κ1) is 18.8. The lowest BCUT2D eigenvalue weighted by Crippen LogP contribution is -2.33. The predicted octanol–water partition coefficient (Wildman–Crippen LogP) is 3.46. The summed E-state index contributed by atoms with van der Waals surface area (Å²) in [7, 11) is 3.15. The largest absolute Gasteiger partial charge is 0.496 e. The molecule has 142 valence electrons. The first-order valence-corrected chi connectivity index (χ1v) is 8.79. The average Bonchev–Trinajstić information content (AvgIpc) is 2.59. The Hall–Kier alpha value is -2.94. The molecule has 0 aromatic heterocycles. The number of rotatable bonds is 3. The molecule has 27 heavy (non-hydrogen) atoms. The molecule has 6 heteroatoms. The fraction of sp³-hybridized carbons (Fsp3) is 0.429. The van der Waals surface area contributed by atoms with Crippen molar-refractivity contribution in [3.63, 3.8) is 0 Å². The number of carbonyl (C=O) groups excluding carboxylic acids is 1. The Morgan fingerprint density at radius 3 is 2.56 bits per heavy atom. The van der Waals surface area contributed by atoms with Crippen LogP contribution in [0.2, 0.25) is 0 Å². The van der Waals surface area contributed by atoms with Gasteiger partial charge in [0, 0.05) is 29.5 Å². The van der Waals surface area contributed by atoms with Gasteiger partial charge < -0.3 is 19.9 Å². The van der Waals surface area contributed by atoms with Crippen LogP contribution in [0.25, 0.3) is 0 Å². The molecule has 1 unspecified atom stereocenters. The highest BCUT2D eigenvalue weighted by Gasteiger charge is 2.44. The average molecular weight is 368 g/mol. The molecule has 0 saturated heterocycles. The van der Waals surface area contributed by atoms with E-state index < -0.39 is 5.92 Å². The lowest BCUT2D eigenvalue weighted by molar-refractivity contribution is -0.119. The van der Waals surface area contributed by atoms with E-state index in [9.17, 15) is 10.1 Å². The van der Waals surface area contributed by atoms with Crippen molar-refractivity contribution in [1.29, 1.82) is 5.26 Å². The van der Waals surface area contributed by atoms with E-state index in [0.717, 1.165) is 5.56 Å². The zero-order valence-electron chi connectivity index (χ0n) is 16.3. The van der Waals surface area contributed by atoms with Crippen LogP contribution in [-0.4, -0.2) is 20.0 Å². The third-order valence-corrected chi connectivity index (χ3v) is 5.20. The van der Waals surface area contributed by atoms with E-state index in [-0.39, 0.29) is 22.7 Å². The summed E-state index contributed by atoms with van der Waals surface area (Å²) < 4.78 is 16.7. The number of hydrogen-bond acceptors (Lipinski definition) is 6. The Balaban J connectivity index is 2.27. The molecular weight excluding hydrogens is 344 g/mol. The van der Waals surface area contributed by atoms with Crippen molar-refractivity contribution in [2.75, 3.05) is 14.2 Å². The highest BCUT2D eigenvalue weighted by Crippen LogP contribution is 2.50. The van der Waals surface area contributed by atoms with Crippen LogP contribution in [0.3, 0.4) is 0 Å². The van der Waals surface area contributed by atoms with Crippen LogP contribution in [0.5, 0.6) is 11.5 Å². The zero-order valence-corrected chi connectivity index (χ0v) is 16.3. The summed E-state index contributed by atoms with van der Waals surface area (Å²) >= 11 is 0. The molecule has 0 radical (unpaired) electrons. The van der Waals surface area contributed by atoms with Gasteiger partial charge in [-0.3, -0.25) is 4.79 Å². The Morgan fingerprint density at radius 1 is 1.26 bits per heavy atom. The van der Waals surface area contributed by atoms with Crippen molar-refractivity contribution >= 4 is 5.78 Å². The summed E-state index contributed by atoms with van der Waals surface area (Å²) in [4.78, 5) is 13.0. The fourth-order valence-corrected chi connectivity index (χ4v) is 4.01. The summed E-state index contributed by atoms with van der Waals surface area (Å²) in [6, 6.07) is 5.77. The topological polar surface area (TPSA) is 94.6 Å². The Bertz CT molecular complexity index is 919. The number of nitrogens with two attached hydrogens (primary N) is 1. The first-order valence-electron chi connectivity index (χ1n) is 8.79. The molecule has 1 heterocycles. The van der Waals surface area contributed by atoms with Crippen molar-refractivity contribution < 1.29 is 19.0 Å². The summed E-state index contributed by atoms with van der Waals surface area (Å²) in [6.45, 7) is 5.91. The Morgan fingerprint density at radius 2 is 1.96 bits per heavy atom. The van der Waals surface area contributed by atoms with Crippen LogP contribution < -0.4 is 15.2 Å². The number of nitrogens with zero attached hydrogens (tertiary/aromatic N) is 1. The molecule has 0 amide bonds. The second-order valence-electron chi connectivity index (χ2n) is 7.72. The molecule has 1 aliphatic heterocycles. The smallest absolute Gasteiger partial charge is 0.205 e. The lowest BCUT2D eigenvalue weighted by Gasteiger charge is -2.37. The van der Waals surface area contributed by atoms with Crippen molar-refractivity contribution in [2.45, 2.75) is 39.5 Å². The van der Waals surface area contributed by atoms with Crippen LogP contribution in [0.1, 0.15) is 43.7 Å². The highest BCUT2D eigenvalue weighted by molar-refractivity contribution is 6.00. The molecular formula is C21H24N2O4. The van der Waals surface area contributed by atoms with Gasteiger partial charge in [-0.1, -0.05) is 19.9 Å². The highest BCUT2D eigenvalue weighted by atomic mass is 16.5. The molecule has 0 bridgehead atoms. The molecule has 0 fully saturated rings. The molecule has 1 atom stereocenters. The maximum absolute atomic E-state index is 13.0. The third-order valence-electron chi connectivity index (χ3n) is 5.20. The van der Waals surface area contributed by atoms with E-state index >= 15 is 0 Å². The monoisotopic (exact) mass is 368 g/mol. The molecule has 1 aromatic rings. The molecule has 3 rings (SSSR count). The SMILES string of the molecule is COc1ccc(C2C(C#N)=C(N)OC3=C2C(=O)CC(C)(C)C3)c(OC)c1C. The summed E-state index contributed by atoms with van der Waals surface area (Å²) in [5.41, 5.74) is 8.08. The van der Waals surface area contributed by atoms with Crippen LogP contribution in [0, 0.1) is 23.7 Å². The number of ketones is 1. The number of benzene rings is 1. The maximum atomic E-state index is 13.0. The van der Waals surface area contributed by atoms with Crippen LogP contribution in [0.4, 0.5) is 0 Å². The van der Waals surface area contributed by atoms with Gasteiger partial charge in [-0.25, -0.2) is 0 Å². The summed E-state index contributed by atoms with van der Waals surface area (Å²) in [5.74, 6) is 1.20. The predicted molar refractivity (Wildman–Crippen MR) is 100.0 cm³/mol. The number of carbonyl (C=O) groups is 1. The van der Waals surface area contributed by atoms with E-state index in [1.54, 1.807) is 14.2 Å². The molecule has 2 aliphatic rings. The van der Waals surface area contributed by atoms with E-state index in [1.807, 2.05) is 32.9 Å². The second kappa shape index (κ2) is 6.66. The van der Waals surface area contributed by atoms with Gasteiger partial charge in [-0.15, -0.1) is 0 Å². The molecule has 0 spiro atoms. The minimum Gasteiger partial charge on any atom is -0.496 e. The first-order chi connectivity index (χ1) is 12.7. The minimum atomic E-state index is -0.609. The lowest BCUT2D eigenvalue weighted by atomic mass is 9.70. The zero-order chi connectivity index (χ0) is 19.9. The number of methoxy groups -OCH3 is 2. The van der Waals surface area contributed by atoms with Crippen molar-refractivity contribution in [1.82, 2.24) is 0 Å². The van der Waals surface area contributed by atoms with Gasteiger partial charge in [0.1, 0.15) is 28.9 Å². The summed E-state index contributed by atoms with van der Waals surface area (Å²) in [5, 5.41) is 9.74. The van der Waals surface area contributed by atoms with Gasteiger partial charge in [0.15, 0.2) is 5.78 Å². The second-order valence-corrected chi connectivity index (χ2v) is 7.72. The standard InChI is InChI=1S/C21H24N2O4/c1-11-15(25-4)7-6-12(19(11)26-5)17-13(10-22)20(23)27-16-9-21(2,3)8-14(24)18(16)17/h6-7,17H,8-9,23H2,1-5H3. The molecule has 2 N–H and O–H groups in total. The van der Waals surface area contributed by atoms with Crippen LogP contribution in [0.15, 0.2) is 34.9 Å². The van der Waals surface area contributed by atoms with Crippen molar-refractivity contribution in [3.05, 3.63) is 46.0 Å². The number of nitriles is 1. The summed E-state index contributed by atoms with van der Waals surface area (Å²) in [6.07, 6.45) is 0.975. The van der Waals surface area contributed by atoms with Gasteiger partial charge in [-0.2, -0.15) is 5.26 Å². The van der Waals surface area contributed by atoms with E-state index in [4.69, 9.17) is 19.9 Å². The number of allylic oxidation sites excluding steroid dienone is 3. The van der Waals surface area contributed by atoms with Gasteiger partial charge in [-0.05, 0) is 18.4 Å². The fourth-order valence-electron chi connectivity index (χ4n) is 4.01. The maximum Gasteiger partial charge on any atom is 0.205 e. The Labute approximate surface area is 159 Å². The molecule has 6 nitrogen and oxygen atoms in total. The van der Waals surface area contributed by atoms with Crippen molar-refractivity contribution in [3.8, 4) is 17.6 Å². The van der Waals surface area contributed by atoms with Crippen LogP contribution >= 0.6 is 0 Å². The van der Waals surface area contributed by atoms with Gasteiger partial charge >= 0.3 is 0 Å². The van der Waals surface area contributed by atoms with E-state index in [2.05, 4.69) is 6.07 Å². The van der Waals surface area contributed by atoms with Gasteiger partial charge in [0.25, 0.3) is 0 Å². The number of ether oxygens (including phenoxy) is 3. The Kier molecular flexibility index (Phi) is 4.64. The quantitative estimate of drug-likeness (QED) is 0.878. The van der Waals surface area contributed by atoms with Crippen LogP contribution in [-0.2, 0) is 9.53 Å². The molecule has 0 saturated carbocycles. The normalized spacial score (nSPS) is 21.3. The molecule has 1 aliphatic carbocycles. The van der Waals surface area contributed by atoms with Gasteiger partial charge in [0.2, 0.25) is 5.88 Å². The van der Waals surface area contributed by atoms with E-state index in [0.29, 0.717) is 41.2 Å². The number of hydrogen-bond donors (Lipinski definition) is 1.